The highest BCUT2D eigenvalue weighted by Crippen LogP contribution is 2.38. The van der Waals surface area contributed by atoms with Crippen molar-refractivity contribution in [3.05, 3.63) is 47.9 Å². The van der Waals surface area contributed by atoms with Gasteiger partial charge in [0.2, 0.25) is 11.7 Å². The Balaban J connectivity index is 1.45. The van der Waals surface area contributed by atoms with Gasteiger partial charge in [-0.3, -0.25) is 9.58 Å². The summed E-state index contributed by atoms with van der Waals surface area (Å²) in [4.78, 5) is 11.7. The first-order valence-electron chi connectivity index (χ1n) is 10.5. The van der Waals surface area contributed by atoms with E-state index in [0.29, 0.717) is 24.7 Å². The van der Waals surface area contributed by atoms with Gasteiger partial charge in [-0.05, 0) is 44.1 Å². The van der Waals surface area contributed by atoms with Crippen LogP contribution in [0.25, 0.3) is 28.5 Å². The summed E-state index contributed by atoms with van der Waals surface area (Å²) in [6, 6.07) is 6.03. The number of nitrogens with zero attached hydrogens (tertiary/aromatic N) is 7. The zero-order valence-electron chi connectivity index (χ0n) is 17.6. The molecule has 0 N–H and O–H groups in total. The van der Waals surface area contributed by atoms with E-state index in [4.69, 9.17) is 14.4 Å². The quantitative estimate of drug-likeness (QED) is 0.444. The molecule has 9 nitrogen and oxygen atoms in total. The second-order valence-electron chi connectivity index (χ2n) is 8.14. The Hall–Kier alpha value is -3.46. The fraction of sp³-hybridized carbons (Fsp3) is 0.364. The molecular weight excluding hydrogens is 394 g/mol. The summed E-state index contributed by atoms with van der Waals surface area (Å²) in [6.45, 7) is 2.86. The topological polar surface area (TPSA) is 87.0 Å². The number of benzene rings is 1. The number of rotatable bonds is 4. The van der Waals surface area contributed by atoms with Gasteiger partial charge in [0.15, 0.2) is 0 Å². The molecule has 0 radical (unpaired) electrons. The molecule has 0 unspecified atom stereocenters. The van der Waals surface area contributed by atoms with Gasteiger partial charge in [-0.2, -0.15) is 10.1 Å². The van der Waals surface area contributed by atoms with E-state index in [1.165, 1.54) is 12.8 Å². The molecule has 1 fully saturated rings. The number of hydrogen-bond donors (Lipinski definition) is 0. The number of methoxy groups -OCH3 is 1. The van der Waals surface area contributed by atoms with E-state index in [0.717, 1.165) is 52.7 Å². The van der Waals surface area contributed by atoms with Crippen molar-refractivity contribution in [2.24, 2.45) is 7.05 Å². The first-order valence-corrected chi connectivity index (χ1v) is 10.5. The van der Waals surface area contributed by atoms with Gasteiger partial charge in [-0.25, -0.2) is 4.98 Å². The van der Waals surface area contributed by atoms with Crippen LogP contribution < -0.4 is 4.74 Å². The Kier molecular flexibility index (Phi) is 4.17. The zero-order valence-corrected chi connectivity index (χ0v) is 17.6. The van der Waals surface area contributed by atoms with E-state index in [2.05, 4.69) is 30.8 Å². The lowest BCUT2D eigenvalue weighted by atomic mass is 10.0. The van der Waals surface area contributed by atoms with Crippen LogP contribution in [0.3, 0.4) is 0 Å². The van der Waals surface area contributed by atoms with E-state index in [9.17, 15) is 0 Å². The van der Waals surface area contributed by atoms with Crippen molar-refractivity contribution in [3.8, 4) is 34.2 Å². The van der Waals surface area contributed by atoms with Crippen molar-refractivity contribution in [2.75, 3.05) is 20.2 Å². The van der Waals surface area contributed by atoms with Crippen LogP contribution in [0.2, 0.25) is 0 Å². The van der Waals surface area contributed by atoms with Crippen LogP contribution >= 0.6 is 0 Å². The molecule has 3 aromatic heterocycles. The molecule has 1 saturated heterocycles. The van der Waals surface area contributed by atoms with Gasteiger partial charge in [0.25, 0.3) is 0 Å². The molecular formula is C22H23N7O2. The maximum Gasteiger partial charge on any atom is 0.241 e. The average Bonchev–Trinajstić information content (AvgIpc) is 3.56. The van der Waals surface area contributed by atoms with E-state index < -0.39 is 0 Å². The monoisotopic (exact) mass is 417 g/mol. The Morgan fingerprint density at radius 2 is 2.03 bits per heavy atom. The van der Waals surface area contributed by atoms with Crippen LogP contribution in [0.5, 0.6) is 5.75 Å². The molecule has 31 heavy (non-hydrogen) atoms. The molecule has 4 aromatic rings. The van der Waals surface area contributed by atoms with E-state index in [-0.39, 0.29) is 0 Å². The van der Waals surface area contributed by atoms with Crippen molar-refractivity contribution in [1.29, 1.82) is 0 Å². The highest BCUT2D eigenvalue weighted by molar-refractivity contribution is 5.77. The number of aryl methyl sites for hydroxylation is 1. The Labute approximate surface area is 179 Å². The normalized spacial score (nSPS) is 15.4. The number of aromatic nitrogens is 6. The first-order chi connectivity index (χ1) is 15.2. The molecule has 1 aromatic carbocycles. The average molecular weight is 417 g/mol. The third-order valence-electron chi connectivity index (χ3n) is 6.08. The molecule has 0 atom stereocenters. The molecule has 9 heteroatoms. The molecule has 0 spiro atoms. The van der Waals surface area contributed by atoms with Gasteiger partial charge in [0, 0.05) is 30.8 Å². The van der Waals surface area contributed by atoms with E-state index in [1.54, 1.807) is 7.11 Å². The van der Waals surface area contributed by atoms with Gasteiger partial charge >= 0.3 is 0 Å². The van der Waals surface area contributed by atoms with Crippen LogP contribution in [-0.2, 0) is 20.0 Å². The second-order valence-corrected chi connectivity index (χ2v) is 8.14. The smallest absolute Gasteiger partial charge is 0.241 e. The molecule has 0 amide bonds. The molecule has 2 aliphatic heterocycles. The van der Waals surface area contributed by atoms with Gasteiger partial charge in [-0.1, -0.05) is 5.16 Å². The largest absolute Gasteiger partial charge is 0.497 e. The minimum Gasteiger partial charge on any atom is -0.497 e. The summed E-state index contributed by atoms with van der Waals surface area (Å²) in [5, 5.41) is 8.98. The van der Waals surface area contributed by atoms with Crippen LogP contribution in [0.1, 0.15) is 30.0 Å². The van der Waals surface area contributed by atoms with Crippen molar-refractivity contribution < 1.29 is 9.26 Å². The van der Waals surface area contributed by atoms with Crippen molar-refractivity contribution in [1.82, 2.24) is 34.4 Å². The maximum atomic E-state index is 5.56. The maximum absolute atomic E-state index is 5.56. The highest BCUT2D eigenvalue weighted by Gasteiger charge is 2.27. The Bertz CT molecular complexity index is 1260. The second kappa shape index (κ2) is 7.05. The molecule has 6 rings (SSSR count). The minimum absolute atomic E-state index is 0.533. The van der Waals surface area contributed by atoms with Gasteiger partial charge in [-0.15, -0.1) is 0 Å². The number of imidazole rings is 1. The van der Waals surface area contributed by atoms with Crippen LogP contribution in [-0.4, -0.2) is 54.6 Å². The van der Waals surface area contributed by atoms with Crippen molar-refractivity contribution in [2.45, 2.75) is 25.8 Å². The minimum atomic E-state index is 0.533. The third-order valence-corrected chi connectivity index (χ3v) is 6.08. The lowest BCUT2D eigenvalue weighted by Gasteiger charge is -2.11. The predicted octanol–water partition coefficient (Wildman–Crippen LogP) is 2.83. The van der Waals surface area contributed by atoms with Crippen LogP contribution in [0.4, 0.5) is 0 Å². The first kappa shape index (κ1) is 18.3. The zero-order chi connectivity index (χ0) is 20.9. The Morgan fingerprint density at radius 3 is 2.87 bits per heavy atom. The molecule has 0 aliphatic carbocycles. The van der Waals surface area contributed by atoms with Crippen LogP contribution in [0, 0.1) is 0 Å². The van der Waals surface area contributed by atoms with Crippen LogP contribution in [0.15, 0.2) is 35.2 Å². The van der Waals surface area contributed by atoms with Crippen molar-refractivity contribution >= 4 is 0 Å². The summed E-state index contributed by atoms with van der Waals surface area (Å²) in [5.41, 5.74) is 5.86. The fourth-order valence-electron chi connectivity index (χ4n) is 4.60. The molecule has 158 valence electrons. The summed E-state index contributed by atoms with van der Waals surface area (Å²) in [7, 11) is 3.62. The van der Waals surface area contributed by atoms with Gasteiger partial charge in [0.1, 0.15) is 17.8 Å². The summed E-state index contributed by atoms with van der Waals surface area (Å²) >= 11 is 0. The summed E-state index contributed by atoms with van der Waals surface area (Å²) in [6.07, 6.45) is 7.02. The highest BCUT2D eigenvalue weighted by atomic mass is 16.5. The lowest BCUT2D eigenvalue weighted by Crippen LogP contribution is -2.18. The standard InChI is InChI=1S/C22H23N7O2/c1-27-11-14-9-18-21(22-24-19(31-26-22)12-28-7-3-4-8-28)23-13-29(18)17-6-5-15(30-2)10-16(17)20(14)25-27/h5-6,10-11,13H,3-4,7-9,12H2,1-2H3. The molecule has 5 heterocycles. The van der Waals surface area contributed by atoms with E-state index >= 15 is 0 Å². The Morgan fingerprint density at radius 1 is 1.16 bits per heavy atom. The van der Waals surface area contributed by atoms with Gasteiger partial charge in [0.05, 0.1) is 30.7 Å². The molecule has 0 saturated carbocycles. The summed E-state index contributed by atoms with van der Waals surface area (Å²) in [5.74, 6) is 1.97. The number of fused-ring (bicyclic) bond motifs is 5. The number of ether oxygens (including phenoxy) is 1. The van der Waals surface area contributed by atoms with E-state index in [1.807, 2.05) is 36.3 Å². The van der Waals surface area contributed by atoms with Gasteiger partial charge < -0.3 is 13.8 Å². The predicted molar refractivity (Wildman–Crippen MR) is 113 cm³/mol. The number of hydrogen-bond acceptors (Lipinski definition) is 7. The lowest BCUT2D eigenvalue weighted by molar-refractivity contribution is 0.268. The summed E-state index contributed by atoms with van der Waals surface area (Å²) < 4.78 is 15.0. The van der Waals surface area contributed by atoms with Crippen molar-refractivity contribution in [3.63, 3.8) is 0 Å². The molecule has 2 aliphatic rings. The SMILES string of the molecule is COc1ccc2c(c1)-c1nn(C)cc1Cc1c(-c3noc(CN4CCCC4)n3)ncn1-2. The fourth-order valence-corrected chi connectivity index (χ4v) is 4.60. The number of likely N-dealkylation sites (tertiary alicyclic amines) is 1. The molecule has 0 bridgehead atoms. The third kappa shape index (κ3) is 3.04.